The number of hydrogen-bond acceptors (Lipinski definition) is 36. The largest absolute Gasteiger partial charge is 0.494 e. The second kappa shape index (κ2) is 49.9. The summed E-state index contributed by atoms with van der Waals surface area (Å²) < 4.78 is 130. The number of aromatic nitrogens is 4. The van der Waals surface area contributed by atoms with Gasteiger partial charge < -0.3 is 114 Å². The maximum Gasteiger partial charge on any atom is 0.303 e. The molecule has 12 rings (SSSR count). The number of ether oxygens (including phenoxy) is 22. The molecule has 0 amide bonds. The average molecular weight is 1930 g/mol. The molecule has 4 aromatic carbocycles. The zero-order valence-corrected chi connectivity index (χ0v) is 79.3. The van der Waals surface area contributed by atoms with Gasteiger partial charge >= 0.3 is 71.6 Å². The predicted octanol–water partition coefficient (Wildman–Crippen LogP) is 12.9. The van der Waals surface area contributed by atoms with Crippen molar-refractivity contribution in [3.8, 4) is 67.5 Å². The first kappa shape index (κ1) is 104. The van der Waals surface area contributed by atoms with Gasteiger partial charge in [-0.15, -0.1) is 0 Å². The topological polar surface area (TPSA) is 465 Å². The molecule has 3 aromatic heterocycles. The summed E-state index contributed by atoms with van der Waals surface area (Å²) in [5.74, 6) is -7.25. The summed E-state index contributed by atoms with van der Waals surface area (Å²) in [7, 11) is 0. The molecule has 0 unspecified atom stereocenters. The quantitative estimate of drug-likeness (QED) is 0.0204. The van der Waals surface area contributed by atoms with Gasteiger partial charge in [0.25, 0.3) is 0 Å². The first-order valence-corrected chi connectivity index (χ1v) is 45.6. The first-order valence-electron chi connectivity index (χ1n) is 45.6. The molecule has 0 saturated carbocycles. The van der Waals surface area contributed by atoms with Gasteiger partial charge in [0.15, 0.2) is 73.8 Å². The number of esters is 12. The molecule has 5 aliphatic rings. The third-order valence-electron chi connectivity index (χ3n) is 21.9. The van der Waals surface area contributed by atoms with E-state index in [-0.39, 0.29) is 58.9 Å². The number of nitrogens with one attached hydrogen (secondary N) is 2. The number of carbonyl (C=O) groups excluding carboxylic acids is 12. The third-order valence-corrected chi connectivity index (χ3v) is 21.9. The fourth-order valence-corrected chi connectivity index (χ4v) is 16.4. The van der Waals surface area contributed by atoms with Crippen LogP contribution in [0.3, 0.4) is 0 Å². The molecule has 139 heavy (non-hydrogen) atoms. The van der Waals surface area contributed by atoms with Gasteiger partial charge in [-0.3, -0.25) is 57.5 Å². The lowest BCUT2D eigenvalue weighted by Gasteiger charge is -2.44. The highest BCUT2D eigenvalue weighted by atomic mass is 16.8. The van der Waals surface area contributed by atoms with E-state index in [0.29, 0.717) is 113 Å². The van der Waals surface area contributed by atoms with Gasteiger partial charge in [-0.2, -0.15) is 0 Å². The van der Waals surface area contributed by atoms with Crippen molar-refractivity contribution >= 4 is 118 Å². The molecule has 8 heterocycles. The summed E-state index contributed by atoms with van der Waals surface area (Å²) >= 11 is 0. The molecule has 3 fully saturated rings. The van der Waals surface area contributed by atoms with Crippen molar-refractivity contribution in [1.82, 2.24) is 19.9 Å². The van der Waals surface area contributed by atoms with Crippen LogP contribution in [0.2, 0.25) is 0 Å². The third kappa shape index (κ3) is 29.1. The standard InChI is InChI=1S/C101H114N4O34/c1-14-15-16-17-41-118-71-29-18-25-67(48-71)86-75-33-35-77(102-75)87(68-26-19-30-72(49-68)119-42-22-45-122-99-96(134-64(11)115)93(131-61(8)112)90(128-58(5)109)83(137-99)52-125-55(2)106)79-37-39-81(104-79)89(70-28-21-32-74(51-70)121-44-24-47-124-101-98(136-66(13)117)95(133-63(10)114)92(130-60(7)111)85(139-101)54-127-57(4)108)82-40-38-80(105-82)88(78-36-34-76(86)103-78)69-27-20-31-73(50-69)120-43-23-46-123-100-97(135-65(12)116)94(132-62(9)113)91(129-59(6)110)84(138-100)53-126-56(3)107/h18-21,25-40,48-51,83-85,90-102,105H,14-17,22-24,41-47,52-54H2,1-13H3/t83-,84-,85-,90-,91-,92-,93+,94+,95+,96+,97+,98+,99+,100+,101+/m1/s1. The van der Waals surface area contributed by atoms with Gasteiger partial charge in [0.2, 0.25) is 0 Å². The average Bonchev–Trinajstić information content (AvgIpc) is 1.71. The fourth-order valence-electron chi connectivity index (χ4n) is 16.4. The van der Waals surface area contributed by atoms with Crippen molar-refractivity contribution in [1.29, 1.82) is 0 Å². The second-order valence-electron chi connectivity index (χ2n) is 32.9. The first-order chi connectivity index (χ1) is 66.7. The summed E-state index contributed by atoms with van der Waals surface area (Å²) in [6.07, 6.45) is -8.57. The minimum Gasteiger partial charge on any atom is -0.494 e. The molecular weight excluding hydrogens is 1810 g/mol. The molecule has 38 heteroatoms. The molecule has 0 radical (unpaired) electrons. The van der Waals surface area contributed by atoms with Crippen molar-refractivity contribution in [2.24, 2.45) is 0 Å². The van der Waals surface area contributed by atoms with Crippen molar-refractivity contribution < 1.29 is 162 Å². The Labute approximate surface area is 800 Å². The van der Waals surface area contributed by atoms with Gasteiger partial charge in [0.05, 0.1) is 69.0 Å². The number of fused-ring (bicyclic) bond motifs is 8. The Hall–Kier alpha value is -13.9. The maximum atomic E-state index is 12.7. The van der Waals surface area contributed by atoms with E-state index in [2.05, 4.69) is 16.9 Å². The van der Waals surface area contributed by atoms with Crippen molar-refractivity contribution in [3.05, 3.63) is 144 Å². The minimum atomic E-state index is -1.46. The summed E-state index contributed by atoms with van der Waals surface area (Å²) in [5.41, 5.74) is 9.96. The summed E-state index contributed by atoms with van der Waals surface area (Å²) in [4.78, 5) is 168. The highest BCUT2D eigenvalue weighted by Crippen LogP contribution is 2.43. The molecular formula is C101H114N4O34. The highest BCUT2D eigenvalue weighted by molar-refractivity contribution is 6.00. The van der Waals surface area contributed by atoms with E-state index in [4.69, 9.17) is 114 Å². The lowest BCUT2D eigenvalue weighted by Crippen LogP contribution is -2.63. The van der Waals surface area contributed by atoms with Crippen LogP contribution in [0.4, 0.5) is 0 Å². The van der Waals surface area contributed by atoms with Gasteiger partial charge in [-0.05, 0) is 126 Å². The van der Waals surface area contributed by atoms with Gasteiger partial charge in [-0.25, -0.2) is 9.97 Å². The van der Waals surface area contributed by atoms with Gasteiger partial charge in [0.1, 0.15) is 61.1 Å². The van der Waals surface area contributed by atoms with E-state index in [9.17, 15) is 57.5 Å². The zero-order chi connectivity index (χ0) is 99.5. The van der Waals surface area contributed by atoms with Gasteiger partial charge in [-0.1, -0.05) is 74.7 Å². The maximum absolute atomic E-state index is 12.7. The van der Waals surface area contributed by atoms with Crippen LogP contribution < -0.4 is 18.9 Å². The molecule has 742 valence electrons. The van der Waals surface area contributed by atoms with Crippen LogP contribution >= 0.6 is 0 Å². The molecule has 0 aliphatic carbocycles. The van der Waals surface area contributed by atoms with E-state index < -0.39 is 184 Å². The number of benzene rings is 4. The Bertz CT molecular complexity index is 5680. The zero-order valence-electron chi connectivity index (χ0n) is 79.3. The van der Waals surface area contributed by atoms with Crippen LogP contribution in [0.15, 0.2) is 121 Å². The Balaban J connectivity index is 0.930. The number of nitrogens with zero attached hydrogens (tertiary/aromatic N) is 2. The smallest absolute Gasteiger partial charge is 0.303 e. The lowest BCUT2D eigenvalue weighted by atomic mass is 9.98. The summed E-state index contributed by atoms with van der Waals surface area (Å²) in [6, 6.07) is 37.9. The summed E-state index contributed by atoms with van der Waals surface area (Å²) in [6.45, 7) is 14.8. The number of unbranched alkanes of at least 4 members (excludes halogenated alkanes) is 3. The minimum absolute atomic E-state index is 0.0333. The molecule has 3 saturated heterocycles. The van der Waals surface area contributed by atoms with Gasteiger partial charge in [0, 0.05) is 147 Å². The lowest BCUT2D eigenvalue weighted by molar-refractivity contribution is -0.308. The van der Waals surface area contributed by atoms with E-state index in [1.54, 1.807) is 18.2 Å². The number of H-pyrrole nitrogens is 2. The van der Waals surface area contributed by atoms with Crippen molar-refractivity contribution in [2.45, 2.75) is 227 Å². The Morgan fingerprint density at radius 3 is 0.748 bits per heavy atom. The van der Waals surface area contributed by atoms with E-state index in [1.165, 1.54) is 20.8 Å². The number of rotatable bonds is 43. The van der Waals surface area contributed by atoms with Crippen LogP contribution in [0, 0.1) is 0 Å². The van der Waals surface area contributed by atoms with E-state index >= 15 is 0 Å². The van der Waals surface area contributed by atoms with Crippen molar-refractivity contribution in [3.63, 3.8) is 0 Å². The Kier molecular flexibility index (Phi) is 37.3. The van der Waals surface area contributed by atoms with Crippen LogP contribution in [-0.4, -0.2) is 250 Å². The number of hydrogen-bond donors (Lipinski definition) is 2. The van der Waals surface area contributed by atoms with E-state index in [1.807, 2.05) is 127 Å². The SMILES string of the molecule is CCCCCCOc1cccc(-c2c3nc(c(-c4cccc(OCCCO[C@H]5O[C@H](COC(C)=O)[C@@H](OC(C)=O)[C@H](OC(C)=O)[C@@H]5OC(C)=O)c4)c4ccc([nH]4)c(-c4cccc(OCCCO[C@H]5O[C@H](COC(C)=O)[C@@H](OC(C)=O)[C@H](OC(C)=O)[C@@H]5OC(C)=O)c4)c4nc(c(-c5cccc(OCCCO[C@H]6O[C@H](COC(C)=O)[C@@H](OC(C)=O)[C@H](OC(C)=O)[C@@H]6OC(C)=O)c5)c5ccc2[nH]5)C=C4)C=C3)c1. The molecule has 8 bridgehead atoms. The highest BCUT2D eigenvalue weighted by Gasteiger charge is 2.56. The van der Waals surface area contributed by atoms with Crippen LogP contribution in [0.25, 0.3) is 90.9 Å². The normalized spacial score (nSPS) is 21.3. The van der Waals surface area contributed by atoms with Crippen LogP contribution in [0.1, 0.15) is 158 Å². The monoisotopic (exact) mass is 1930 g/mol. The Morgan fingerprint density at radius 1 is 0.273 bits per heavy atom. The molecule has 5 aliphatic heterocycles. The molecule has 38 nitrogen and oxygen atoms in total. The van der Waals surface area contributed by atoms with E-state index in [0.717, 1.165) is 93.6 Å². The molecule has 15 atom stereocenters. The number of carbonyl (C=O) groups is 12. The predicted molar refractivity (Wildman–Crippen MR) is 494 cm³/mol. The Morgan fingerprint density at radius 2 is 0.511 bits per heavy atom. The molecule has 2 N–H and O–H groups in total. The van der Waals surface area contributed by atoms with Crippen molar-refractivity contribution in [2.75, 3.05) is 66.1 Å². The second-order valence-corrected chi connectivity index (χ2v) is 32.9. The molecule has 0 spiro atoms. The summed E-state index contributed by atoms with van der Waals surface area (Å²) in [5, 5.41) is 0. The van der Waals surface area contributed by atoms with Crippen LogP contribution in [0.5, 0.6) is 23.0 Å². The molecule has 7 aromatic rings. The van der Waals surface area contributed by atoms with Crippen LogP contribution in [-0.2, 0) is 143 Å². The fraction of sp³-hybridized carbons (Fsp3) is 0.446. The number of aromatic amines is 2.